The molecule has 0 aromatic heterocycles. The lowest BCUT2D eigenvalue weighted by molar-refractivity contribution is -0.121. The number of aliphatic hydroxyl groups is 1. The second kappa shape index (κ2) is 3.15. The summed E-state index contributed by atoms with van der Waals surface area (Å²) in [4.78, 5) is 13.0. The van der Waals surface area contributed by atoms with Gasteiger partial charge < -0.3 is 5.11 Å². The van der Waals surface area contributed by atoms with Gasteiger partial charge >= 0.3 is 0 Å². The number of Topliss-reactive ketones (excluding diaryl/α,β-unsaturated/α-hetero) is 1. The molecule has 0 spiro atoms. The van der Waals surface area contributed by atoms with E-state index in [0.29, 0.717) is 6.54 Å². The highest BCUT2D eigenvalue weighted by atomic mass is 16.3. The maximum Gasteiger partial charge on any atom is 0.146 e. The van der Waals surface area contributed by atoms with E-state index in [0.717, 1.165) is 13.0 Å². The van der Waals surface area contributed by atoms with E-state index in [2.05, 4.69) is 0 Å². The molecule has 1 fully saturated rings. The summed E-state index contributed by atoms with van der Waals surface area (Å²) in [6, 6.07) is -0.0426. The lowest BCUT2D eigenvalue weighted by Gasteiger charge is -2.23. The van der Waals surface area contributed by atoms with Gasteiger partial charge in [-0.3, -0.25) is 9.69 Å². The number of likely N-dealkylation sites (tertiary alicyclic amines) is 1. The van der Waals surface area contributed by atoms with Crippen molar-refractivity contribution < 1.29 is 9.90 Å². The van der Waals surface area contributed by atoms with E-state index in [1.54, 1.807) is 6.92 Å². The Morgan fingerprint density at radius 2 is 2.25 bits per heavy atom. The monoisotopic (exact) mass is 171 g/mol. The molecule has 70 valence electrons. The smallest absolute Gasteiger partial charge is 0.146 e. The largest absolute Gasteiger partial charge is 0.389 e. The van der Waals surface area contributed by atoms with E-state index in [1.807, 2.05) is 18.7 Å². The Labute approximate surface area is 73.4 Å². The standard InChI is InChI=1S/C9H17NO2/c1-7(8(2)11)10-5-4-9(3,12)6-10/h7,12H,4-6H2,1-3H3. The van der Waals surface area contributed by atoms with Crippen molar-refractivity contribution >= 4 is 5.78 Å². The van der Waals surface area contributed by atoms with E-state index < -0.39 is 5.60 Å². The third kappa shape index (κ3) is 2.05. The van der Waals surface area contributed by atoms with Gasteiger partial charge in [-0.05, 0) is 27.2 Å². The van der Waals surface area contributed by atoms with Gasteiger partial charge in [-0.2, -0.15) is 0 Å². The Hall–Kier alpha value is -0.410. The van der Waals surface area contributed by atoms with Crippen LogP contribution in [0.3, 0.4) is 0 Å². The predicted octanol–water partition coefficient (Wildman–Crippen LogP) is 0.421. The highest BCUT2D eigenvalue weighted by Crippen LogP contribution is 2.22. The molecule has 0 radical (unpaired) electrons. The van der Waals surface area contributed by atoms with Crippen LogP contribution in [0, 0.1) is 0 Å². The topological polar surface area (TPSA) is 40.5 Å². The summed E-state index contributed by atoms with van der Waals surface area (Å²) in [5.41, 5.74) is -0.594. The van der Waals surface area contributed by atoms with Gasteiger partial charge in [0.2, 0.25) is 0 Å². The Morgan fingerprint density at radius 1 is 1.67 bits per heavy atom. The summed E-state index contributed by atoms with van der Waals surface area (Å²) in [6.45, 7) is 6.75. The lowest BCUT2D eigenvalue weighted by Crippen LogP contribution is -2.38. The molecule has 0 bridgehead atoms. The zero-order valence-corrected chi connectivity index (χ0v) is 8.00. The van der Waals surface area contributed by atoms with Crippen LogP contribution in [-0.2, 0) is 4.79 Å². The number of carbonyl (C=O) groups excluding carboxylic acids is 1. The second-order valence-electron chi connectivity index (χ2n) is 4.00. The highest BCUT2D eigenvalue weighted by Gasteiger charge is 2.34. The molecule has 0 amide bonds. The third-order valence-electron chi connectivity index (χ3n) is 2.62. The Bertz CT molecular complexity index is 189. The fraction of sp³-hybridized carbons (Fsp3) is 0.889. The van der Waals surface area contributed by atoms with Crippen LogP contribution in [0.1, 0.15) is 27.2 Å². The quantitative estimate of drug-likeness (QED) is 0.654. The summed E-state index contributed by atoms with van der Waals surface area (Å²) in [5.74, 6) is 0.174. The van der Waals surface area contributed by atoms with Crippen LogP contribution in [0.4, 0.5) is 0 Å². The molecule has 1 N–H and O–H groups in total. The van der Waals surface area contributed by atoms with E-state index >= 15 is 0 Å². The van der Waals surface area contributed by atoms with Crippen molar-refractivity contribution in [2.24, 2.45) is 0 Å². The van der Waals surface area contributed by atoms with E-state index in [1.165, 1.54) is 0 Å². The van der Waals surface area contributed by atoms with Crippen LogP contribution in [0.15, 0.2) is 0 Å². The van der Waals surface area contributed by atoms with Gasteiger partial charge in [-0.1, -0.05) is 0 Å². The molecule has 1 aliphatic heterocycles. The summed E-state index contributed by atoms with van der Waals surface area (Å²) in [7, 11) is 0. The first-order chi connectivity index (χ1) is 5.42. The van der Waals surface area contributed by atoms with Crippen molar-refractivity contribution in [3.05, 3.63) is 0 Å². The van der Waals surface area contributed by atoms with Gasteiger partial charge in [0.05, 0.1) is 11.6 Å². The highest BCUT2D eigenvalue weighted by molar-refractivity contribution is 5.81. The number of nitrogens with zero attached hydrogens (tertiary/aromatic N) is 1. The molecule has 12 heavy (non-hydrogen) atoms. The summed E-state index contributed by atoms with van der Waals surface area (Å²) in [6.07, 6.45) is 0.768. The average molecular weight is 171 g/mol. The Balaban J connectivity index is 2.52. The molecule has 0 saturated carbocycles. The zero-order valence-electron chi connectivity index (χ0n) is 8.00. The van der Waals surface area contributed by atoms with Gasteiger partial charge in [-0.25, -0.2) is 0 Å². The fourth-order valence-corrected chi connectivity index (χ4v) is 1.57. The first-order valence-electron chi connectivity index (χ1n) is 4.39. The predicted molar refractivity (Wildman–Crippen MR) is 47.0 cm³/mol. The van der Waals surface area contributed by atoms with Crippen molar-refractivity contribution in [1.82, 2.24) is 4.90 Å². The van der Waals surface area contributed by atoms with Gasteiger partial charge in [0.25, 0.3) is 0 Å². The molecule has 1 saturated heterocycles. The Kier molecular flexibility index (Phi) is 2.54. The molecule has 3 nitrogen and oxygen atoms in total. The molecule has 0 aliphatic carbocycles. The number of carbonyl (C=O) groups is 1. The molecule has 2 unspecified atom stereocenters. The van der Waals surface area contributed by atoms with Crippen LogP contribution < -0.4 is 0 Å². The van der Waals surface area contributed by atoms with Crippen LogP contribution in [0.5, 0.6) is 0 Å². The molecule has 3 heteroatoms. The molecular formula is C9H17NO2. The number of ketones is 1. The van der Waals surface area contributed by atoms with Crippen LogP contribution in [-0.4, -0.2) is 40.5 Å². The van der Waals surface area contributed by atoms with Crippen molar-refractivity contribution in [3.63, 3.8) is 0 Å². The van der Waals surface area contributed by atoms with E-state index in [9.17, 15) is 9.90 Å². The molecule has 0 aromatic carbocycles. The maximum absolute atomic E-state index is 11.0. The Morgan fingerprint density at radius 3 is 2.58 bits per heavy atom. The second-order valence-corrected chi connectivity index (χ2v) is 4.00. The normalized spacial score (nSPS) is 33.7. The van der Waals surface area contributed by atoms with Gasteiger partial charge in [0, 0.05) is 13.1 Å². The first kappa shape index (κ1) is 9.68. The molecule has 0 aromatic rings. The summed E-state index contributed by atoms with van der Waals surface area (Å²) in [5, 5.41) is 9.64. The number of β-amino-alcohol motifs (C(OH)–C–C–N with tert-alkyl or cyclic N) is 1. The number of hydrogen-bond donors (Lipinski definition) is 1. The van der Waals surface area contributed by atoms with Crippen molar-refractivity contribution in [2.75, 3.05) is 13.1 Å². The zero-order chi connectivity index (χ0) is 9.35. The molecular weight excluding hydrogens is 154 g/mol. The minimum absolute atomic E-state index is 0.0426. The maximum atomic E-state index is 11.0. The van der Waals surface area contributed by atoms with Gasteiger partial charge in [0.1, 0.15) is 5.78 Å². The minimum atomic E-state index is -0.594. The van der Waals surface area contributed by atoms with E-state index in [-0.39, 0.29) is 11.8 Å². The molecule has 1 rings (SSSR count). The van der Waals surface area contributed by atoms with Gasteiger partial charge in [-0.15, -0.1) is 0 Å². The van der Waals surface area contributed by atoms with Crippen molar-refractivity contribution in [2.45, 2.75) is 38.8 Å². The molecule has 1 aliphatic rings. The van der Waals surface area contributed by atoms with Crippen molar-refractivity contribution in [1.29, 1.82) is 0 Å². The summed E-state index contributed by atoms with van der Waals surface area (Å²) < 4.78 is 0. The van der Waals surface area contributed by atoms with Crippen LogP contribution >= 0.6 is 0 Å². The lowest BCUT2D eigenvalue weighted by atomic mass is 10.1. The van der Waals surface area contributed by atoms with Crippen molar-refractivity contribution in [3.8, 4) is 0 Å². The number of rotatable bonds is 2. The molecule has 1 heterocycles. The minimum Gasteiger partial charge on any atom is -0.389 e. The van der Waals surface area contributed by atoms with Crippen LogP contribution in [0.25, 0.3) is 0 Å². The first-order valence-corrected chi connectivity index (χ1v) is 4.39. The average Bonchev–Trinajstić information content (AvgIpc) is 2.28. The van der Waals surface area contributed by atoms with Gasteiger partial charge in [0.15, 0.2) is 0 Å². The SMILES string of the molecule is CC(=O)C(C)N1CCC(C)(O)C1. The molecule has 2 atom stereocenters. The van der Waals surface area contributed by atoms with E-state index in [4.69, 9.17) is 0 Å². The fourth-order valence-electron chi connectivity index (χ4n) is 1.57. The summed E-state index contributed by atoms with van der Waals surface area (Å²) >= 11 is 0. The number of hydrogen-bond acceptors (Lipinski definition) is 3. The third-order valence-corrected chi connectivity index (χ3v) is 2.62. The van der Waals surface area contributed by atoms with Crippen LogP contribution in [0.2, 0.25) is 0 Å².